The third kappa shape index (κ3) is 3.93. The van der Waals surface area contributed by atoms with Crippen molar-refractivity contribution in [2.75, 3.05) is 25.1 Å². The molecule has 5 nitrogen and oxygen atoms in total. The Morgan fingerprint density at radius 3 is 2.64 bits per heavy atom. The van der Waals surface area contributed by atoms with Gasteiger partial charge in [0.25, 0.3) is 0 Å². The van der Waals surface area contributed by atoms with Crippen molar-refractivity contribution in [1.82, 2.24) is 9.97 Å². The average Bonchev–Trinajstić information content (AvgIpc) is 3.52. The number of aromatic nitrogens is 2. The molecule has 0 amide bonds. The van der Waals surface area contributed by atoms with Crippen LogP contribution in [0.2, 0.25) is 0 Å². The van der Waals surface area contributed by atoms with Crippen LogP contribution in [-0.4, -0.2) is 36.3 Å². The first-order chi connectivity index (χ1) is 12.3. The highest BCUT2D eigenvalue weighted by Gasteiger charge is 2.27. The maximum Gasteiger partial charge on any atom is 0.132 e. The van der Waals surface area contributed by atoms with Gasteiger partial charge in [0.15, 0.2) is 0 Å². The van der Waals surface area contributed by atoms with Crippen molar-refractivity contribution in [2.24, 2.45) is 0 Å². The molecule has 1 saturated heterocycles. The Morgan fingerprint density at radius 2 is 1.88 bits per heavy atom. The summed E-state index contributed by atoms with van der Waals surface area (Å²) < 4.78 is 11.5. The normalized spacial score (nSPS) is 18.4. The topological polar surface area (TPSA) is 47.5 Å². The summed E-state index contributed by atoms with van der Waals surface area (Å²) in [7, 11) is 1.70. The Hall–Kier alpha value is -2.14. The first-order valence-corrected chi connectivity index (χ1v) is 9.14. The summed E-state index contributed by atoms with van der Waals surface area (Å²) in [5.74, 6) is 2.64. The number of rotatable bonds is 6. The second-order valence-electron chi connectivity index (χ2n) is 6.88. The van der Waals surface area contributed by atoms with Crippen molar-refractivity contribution in [3.63, 3.8) is 0 Å². The number of piperidine rings is 1. The highest BCUT2D eigenvalue weighted by molar-refractivity contribution is 5.41. The zero-order valence-electron chi connectivity index (χ0n) is 14.7. The molecule has 5 heteroatoms. The molecule has 1 aliphatic heterocycles. The van der Waals surface area contributed by atoms with Crippen molar-refractivity contribution < 1.29 is 9.47 Å². The molecule has 0 radical (unpaired) electrons. The summed E-state index contributed by atoms with van der Waals surface area (Å²) in [4.78, 5) is 11.2. The van der Waals surface area contributed by atoms with Gasteiger partial charge in [-0.05, 0) is 31.7 Å². The fourth-order valence-electron chi connectivity index (χ4n) is 3.42. The minimum atomic E-state index is 0.297. The predicted molar refractivity (Wildman–Crippen MR) is 97.0 cm³/mol. The standard InChI is InChI=1S/C20H25N3O2/c1-24-19-5-3-2-4-16(19)13-25-17-8-10-23(11-9-17)20-12-18(15-6-7-15)21-14-22-20/h2-5,12,14-15,17H,6-11,13H2,1H3. The van der Waals surface area contributed by atoms with E-state index in [1.165, 1.54) is 18.5 Å². The molecule has 25 heavy (non-hydrogen) atoms. The van der Waals surface area contributed by atoms with Crippen molar-refractivity contribution in [3.8, 4) is 5.75 Å². The summed E-state index contributed by atoms with van der Waals surface area (Å²) in [5, 5.41) is 0. The van der Waals surface area contributed by atoms with E-state index in [1.54, 1.807) is 13.4 Å². The average molecular weight is 339 g/mol. The van der Waals surface area contributed by atoms with Crippen LogP contribution in [0.15, 0.2) is 36.7 Å². The lowest BCUT2D eigenvalue weighted by atomic mass is 10.1. The van der Waals surface area contributed by atoms with E-state index in [-0.39, 0.29) is 0 Å². The number of para-hydroxylation sites is 1. The van der Waals surface area contributed by atoms with Crippen LogP contribution < -0.4 is 9.64 Å². The molecule has 1 saturated carbocycles. The predicted octanol–water partition coefficient (Wildman–Crippen LogP) is 3.55. The molecule has 1 aliphatic carbocycles. The molecule has 2 fully saturated rings. The monoisotopic (exact) mass is 339 g/mol. The third-order valence-corrected chi connectivity index (χ3v) is 5.10. The van der Waals surface area contributed by atoms with E-state index in [1.807, 2.05) is 18.2 Å². The lowest BCUT2D eigenvalue weighted by Crippen LogP contribution is -2.37. The SMILES string of the molecule is COc1ccccc1COC1CCN(c2cc(C3CC3)ncn2)CC1. The number of anilines is 1. The van der Waals surface area contributed by atoms with E-state index in [9.17, 15) is 0 Å². The van der Waals surface area contributed by atoms with Crippen LogP contribution in [0.1, 0.15) is 42.9 Å². The second kappa shape index (κ2) is 7.40. The number of ether oxygens (including phenoxy) is 2. The van der Waals surface area contributed by atoms with E-state index in [2.05, 4.69) is 27.0 Å². The number of hydrogen-bond donors (Lipinski definition) is 0. The molecular weight excluding hydrogens is 314 g/mol. The van der Waals surface area contributed by atoms with Crippen LogP contribution in [0, 0.1) is 0 Å². The minimum absolute atomic E-state index is 0.297. The lowest BCUT2D eigenvalue weighted by Gasteiger charge is -2.32. The molecular formula is C20H25N3O2. The van der Waals surface area contributed by atoms with Crippen LogP contribution in [0.5, 0.6) is 5.75 Å². The maximum atomic E-state index is 6.13. The van der Waals surface area contributed by atoms with Crippen LogP contribution in [0.3, 0.4) is 0 Å². The van der Waals surface area contributed by atoms with Crippen LogP contribution in [0.25, 0.3) is 0 Å². The Kier molecular flexibility index (Phi) is 4.83. The zero-order chi connectivity index (χ0) is 17.1. The van der Waals surface area contributed by atoms with Gasteiger partial charge in [-0.3, -0.25) is 0 Å². The van der Waals surface area contributed by atoms with Crippen molar-refractivity contribution >= 4 is 5.82 Å². The van der Waals surface area contributed by atoms with E-state index in [0.717, 1.165) is 43.1 Å². The van der Waals surface area contributed by atoms with Gasteiger partial charge in [-0.2, -0.15) is 0 Å². The summed E-state index contributed by atoms with van der Waals surface area (Å²) in [6.07, 6.45) is 6.61. The van der Waals surface area contributed by atoms with Gasteiger partial charge in [-0.1, -0.05) is 18.2 Å². The minimum Gasteiger partial charge on any atom is -0.496 e. The molecule has 0 N–H and O–H groups in total. The number of methoxy groups -OCH3 is 1. The Balaban J connectivity index is 1.30. The van der Waals surface area contributed by atoms with Crippen LogP contribution in [-0.2, 0) is 11.3 Å². The van der Waals surface area contributed by atoms with Gasteiger partial charge in [-0.15, -0.1) is 0 Å². The van der Waals surface area contributed by atoms with Gasteiger partial charge in [0.2, 0.25) is 0 Å². The van der Waals surface area contributed by atoms with Crippen molar-refractivity contribution in [2.45, 2.75) is 44.3 Å². The fourth-order valence-corrected chi connectivity index (χ4v) is 3.42. The molecule has 0 unspecified atom stereocenters. The summed E-state index contributed by atoms with van der Waals surface area (Å²) in [6, 6.07) is 10.2. The maximum absolute atomic E-state index is 6.13. The smallest absolute Gasteiger partial charge is 0.132 e. The molecule has 0 spiro atoms. The molecule has 0 atom stereocenters. The third-order valence-electron chi connectivity index (χ3n) is 5.10. The van der Waals surface area contributed by atoms with E-state index >= 15 is 0 Å². The molecule has 0 bridgehead atoms. The second-order valence-corrected chi connectivity index (χ2v) is 6.88. The Morgan fingerprint density at radius 1 is 1.08 bits per heavy atom. The fraction of sp³-hybridized carbons (Fsp3) is 0.500. The van der Waals surface area contributed by atoms with Crippen molar-refractivity contribution in [1.29, 1.82) is 0 Å². The summed E-state index contributed by atoms with van der Waals surface area (Å²) in [5.41, 5.74) is 2.32. The highest BCUT2D eigenvalue weighted by Crippen LogP contribution is 2.39. The zero-order valence-corrected chi connectivity index (χ0v) is 14.7. The Bertz CT molecular complexity index is 710. The summed E-state index contributed by atoms with van der Waals surface area (Å²) in [6.45, 7) is 2.57. The quantitative estimate of drug-likeness (QED) is 0.805. The first kappa shape index (κ1) is 16.3. The molecule has 2 heterocycles. The molecule has 2 aromatic rings. The molecule has 1 aromatic heterocycles. The van der Waals surface area contributed by atoms with Gasteiger partial charge >= 0.3 is 0 Å². The lowest BCUT2D eigenvalue weighted by molar-refractivity contribution is 0.0241. The molecule has 2 aliphatic rings. The van der Waals surface area contributed by atoms with Crippen LogP contribution >= 0.6 is 0 Å². The largest absolute Gasteiger partial charge is 0.496 e. The number of nitrogens with zero attached hydrogens (tertiary/aromatic N) is 3. The molecule has 4 rings (SSSR count). The van der Waals surface area contributed by atoms with Gasteiger partial charge in [-0.25, -0.2) is 9.97 Å². The number of benzene rings is 1. The van der Waals surface area contributed by atoms with E-state index < -0.39 is 0 Å². The van der Waals surface area contributed by atoms with E-state index in [4.69, 9.17) is 9.47 Å². The molecule has 132 valence electrons. The van der Waals surface area contributed by atoms with Crippen LogP contribution in [0.4, 0.5) is 5.82 Å². The summed E-state index contributed by atoms with van der Waals surface area (Å²) >= 11 is 0. The van der Waals surface area contributed by atoms with Gasteiger partial charge < -0.3 is 14.4 Å². The van der Waals surface area contributed by atoms with Crippen molar-refractivity contribution in [3.05, 3.63) is 47.9 Å². The van der Waals surface area contributed by atoms with Gasteiger partial charge in [0, 0.05) is 36.3 Å². The van der Waals surface area contributed by atoms with Gasteiger partial charge in [0.1, 0.15) is 17.9 Å². The number of hydrogen-bond acceptors (Lipinski definition) is 5. The first-order valence-electron chi connectivity index (χ1n) is 9.14. The Labute approximate surface area is 149 Å². The van der Waals surface area contributed by atoms with E-state index in [0.29, 0.717) is 18.6 Å². The molecule has 1 aromatic carbocycles. The van der Waals surface area contributed by atoms with Gasteiger partial charge in [0.05, 0.1) is 19.8 Å². The highest BCUT2D eigenvalue weighted by atomic mass is 16.5.